The number of fused-ring (bicyclic) bond motifs is 1. The molecule has 0 radical (unpaired) electrons. The fourth-order valence-corrected chi connectivity index (χ4v) is 3.12. The van der Waals surface area contributed by atoms with Gasteiger partial charge in [-0.15, -0.1) is 0 Å². The van der Waals surface area contributed by atoms with E-state index in [1.165, 1.54) is 5.56 Å². The van der Waals surface area contributed by atoms with E-state index in [9.17, 15) is 0 Å². The molecule has 5 heteroatoms. The van der Waals surface area contributed by atoms with Crippen molar-refractivity contribution in [2.75, 3.05) is 6.61 Å². The van der Waals surface area contributed by atoms with Crippen LogP contribution in [0.1, 0.15) is 36.8 Å². The molecule has 0 fully saturated rings. The SMILES string of the molecule is CCOc1ccc2[nH]c(C(C)c3ccc(OCc4ccccn4)cc3)nc2c1. The molecule has 1 atom stereocenters. The average molecular weight is 373 g/mol. The highest BCUT2D eigenvalue weighted by atomic mass is 16.5. The summed E-state index contributed by atoms with van der Waals surface area (Å²) in [6, 6.07) is 19.9. The minimum Gasteiger partial charge on any atom is -0.494 e. The average Bonchev–Trinajstić information content (AvgIpc) is 3.16. The van der Waals surface area contributed by atoms with Gasteiger partial charge in [-0.3, -0.25) is 4.98 Å². The second-order valence-corrected chi connectivity index (χ2v) is 6.63. The minimum atomic E-state index is 0.146. The van der Waals surface area contributed by atoms with E-state index in [0.29, 0.717) is 13.2 Å². The fourth-order valence-electron chi connectivity index (χ4n) is 3.12. The van der Waals surface area contributed by atoms with Gasteiger partial charge in [0.1, 0.15) is 23.9 Å². The van der Waals surface area contributed by atoms with E-state index in [-0.39, 0.29) is 5.92 Å². The highest BCUT2D eigenvalue weighted by molar-refractivity contribution is 5.77. The normalized spacial score (nSPS) is 12.1. The molecule has 2 heterocycles. The molecule has 0 saturated heterocycles. The topological polar surface area (TPSA) is 60.0 Å². The monoisotopic (exact) mass is 373 g/mol. The Morgan fingerprint density at radius 2 is 1.79 bits per heavy atom. The molecule has 1 N–H and O–H groups in total. The lowest BCUT2D eigenvalue weighted by molar-refractivity contribution is 0.301. The van der Waals surface area contributed by atoms with Gasteiger partial charge in [-0.1, -0.05) is 25.1 Å². The first-order chi connectivity index (χ1) is 13.7. The van der Waals surface area contributed by atoms with Crippen LogP contribution in [0.5, 0.6) is 11.5 Å². The van der Waals surface area contributed by atoms with E-state index in [2.05, 4.69) is 29.0 Å². The zero-order valence-corrected chi connectivity index (χ0v) is 16.1. The number of aromatic amines is 1. The largest absolute Gasteiger partial charge is 0.494 e. The number of nitrogens with zero attached hydrogens (tertiary/aromatic N) is 2. The summed E-state index contributed by atoms with van der Waals surface area (Å²) in [7, 11) is 0. The molecule has 0 saturated carbocycles. The second kappa shape index (κ2) is 8.13. The van der Waals surface area contributed by atoms with Crippen molar-refractivity contribution in [1.29, 1.82) is 0 Å². The first kappa shape index (κ1) is 18.0. The number of benzene rings is 2. The Hall–Kier alpha value is -3.34. The molecule has 4 rings (SSSR count). The fraction of sp³-hybridized carbons (Fsp3) is 0.217. The molecule has 0 aliphatic rings. The maximum absolute atomic E-state index is 5.82. The Labute approximate surface area is 164 Å². The summed E-state index contributed by atoms with van der Waals surface area (Å²) in [6.45, 7) is 5.23. The van der Waals surface area contributed by atoms with Crippen molar-refractivity contribution in [1.82, 2.24) is 15.0 Å². The maximum atomic E-state index is 5.82. The number of hydrogen-bond donors (Lipinski definition) is 1. The highest BCUT2D eigenvalue weighted by Crippen LogP contribution is 2.27. The first-order valence-electron chi connectivity index (χ1n) is 9.48. The molecule has 0 bridgehead atoms. The number of nitrogens with one attached hydrogen (secondary N) is 1. The number of ether oxygens (including phenoxy) is 2. The second-order valence-electron chi connectivity index (χ2n) is 6.63. The number of pyridine rings is 1. The molecule has 0 amide bonds. The van der Waals surface area contributed by atoms with Gasteiger partial charge in [-0.05, 0) is 48.9 Å². The number of imidazole rings is 1. The van der Waals surface area contributed by atoms with Crippen LogP contribution < -0.4 is 9.47 Å². The summed E-state index contributed by atoms with van der Waals surface area (Å²) in [6.07, 6.45) is 1.77. The summed E-state index contributed by atoms with van der Waals surface area (Å²) in [5.74, 6) is 2.75. The first-order valence-corrected chi connectivity index (χ1v) is 9.48. The Morgan fingerprint density at radius 3 is 2.54 bits per heavy atom. The summed E-state index contributed by atoms with van der Waals surface area (Å²) < 4.78 is 11.4. The third-order valence-corrected chi connectivity index (χ3v) is 4.69. The molecule has 142 valence electrons. The van der Waals surface area contributed by atoms with Gasteiger partial charge in [0.25, 0.3) is 0 Å². The number of hydrogen-bond acceptors (Lipinski definition) is 4. The molecule has 2 aromatic heterocycles. The van der Waals surface area contributed by atoms with Crippen LogP contribution in [0.3, 0.4) is 0 Å². The van der Waals surface area contributed by atoms with Crippen LogP contribution in [0.2, 0.25) is 0 Å². The van der Waals surface area contributed by atoms with Crippen molar-refractivity contribution in [2.24, 2.45) is 0 Å². The van der Waals surface area contributed by atoms with Gasteiger partial charge in [-0.25, -0.2) is 4.98 Å². The van der Waals surface area contributed by atoms with Crippen molar-refractivity contribution >= 4 is 11.0 Å². The number of rotatable bonds is 7. The third kappa shape index (κ3) is 3.98. The lowest BCUT2D eigenvalue weighted by atomic mass is 10.0. The maximum Gasteiger partial charge on any atom is 0.130 e. The number of H-pyrrole nitrogens is 1. The Kier molecular flexibility index (Phi) is 5.24. The van der Waals surface area contributed by atoms with E-state index in [4.69, 9.17) is 14.5 Å². The number of aromatic nitrogens is 3. The molecule has 0 spiro atoms. The Balaban J connectivity index is 1.47. The van der Waals surface area contributed by atoms with Crippen LogP contribution in [0.25, 0.3) is 11.0 Å². The van der Waals surface area contributed by atoms with E-state index in [0.717, 1.165) is 34.1 Å². The smallest absolute Gasteiger partial charge is 0.130 e. The molecule has 1 unspecified atom stereocenters. The van der Waals surface area contributed by atoms with Gasteiger partial charge in [-0.2, -0.15) is 0 Å². The molecular weight excluding hydrogens is 350 g/mol. The zero-order chi connectivity index (χ0) is 19.3. The Morgan fingerprint density at radius 1 is 0.964 bits per heavy atom. The standard InChI is InChI=1S/C23H23N3O2/c1-3-27-20-11-12-21-22(14-20)26-23(25-21)16(2)17-7-9-19(10-8-17)28-15-18-6-4-5-13-24-18/h4-14,16H,3,15H2,1-2H3,(H,25,26). The predicted molar refractivity (Wildman–Crippen MR) is 110 cm³/mol. The van der Waals surface area contributed by atoms with Crippen LogP contribution in [-0.2, 0) is 6.61 Å². The summed E-state index contributed by atoms with van der Waals surface area (Å²) in [5.41, 5.74) is 4.02. The molecule has 4 aromatic rings. The highest BCUT2D eigenvalue weighted by Gasteiger charge is 2.14. The van der Waals surface area contributed by atoms with Gasteiger partial charge in [0.05, 0.1) is 23.3 Å². The van der Waals surface area contributed by atoms with Crippen molar-refractivity contribution < 1.29 is 9.47 Å². The van der Waals surface area contributed by atoms with Gasteiger partial charge in [0.2, 0.25) is 0 Å². The zero-order valence-electron chi connectivity index (χ0n) is 16.1. The van der Waals surface area contributed by atoms with Crippen LogP contribution in [0.15, 0.2) is 66.9 Å². The molecule has 0 aliphatic heterocycles. The van der Waals surface area contributed by atoms with Crippen LogP contribution in [-0.4, -0.2) is 21.6 Å². The molecule has 2 aromatic carbocycles. The van der Waals surface area contributed by atoms with E-state index < -0.39 is 0 Å². The van der Waals surface area contributed by atoms with Gasteiger partial charge in [0.15, 0.2) is 0 Å². The lowest BCUT2D eigenvalue weighted by Crippen LogP contribution is -2.00. The Bertz CT molecular complexity index is 1040. The van der Waals surface area contributed by atoms with E-state index in [1.54, 1.807) is 6.20 Å². The predicted octanol–water partition coefficient (Wildman–Crippen LogP) is 5.09. The van der Waals surface area contributed by atoms with Crippen molar-refractivity contribution in [3.63, 3.8) is 0 Å². The summed E-state index contributed by atoms with van der Waals surface area (Å²) in [4.78, 5) is 12.4. The molecule has 28 heavy (non-hydrogen) atoms. The molecule has 0 aliphatic carbocycles. The van der Waals surface area contributed by atoms with E-state index >= 15 is 0 Å². The minimum absolute atomic E-state index is 0.146. The van der Waals surface area contributed by atoms with Crippen molar-refractivity contribution in [2.45, 2.75) is 26.4 Å². The van der Waals surface area contributed by atoms with Crippen LogP contribution >= 0.6 is 0 Å². The quantitative estimate of drug-likeness (QED) is 0.490. The van der Waals surface area contributed by atoms with Gasteiger partial charge >= 0.3 is 0 Å². The molecule has 5 nitrogen and oxygen atoms in total. The molecular formula is C23H23N3O2. The van der Waals surface area contributed by atoms with Gasteiger partial charge in [0, 0.05) is 18.2 Å². The van der Waals surface area contributed by atoms with Gasteiger partial charge < -0.3 is 14.5 Å². The summed E-state index contributed by atoms with van der Waals surface area (Å²) in [5, 5.41) is 0. The van der Waals surface area contributed by atoms with Crippen LogP contribution in [0, 0.1) is 0 Å². The summed E-state index contributed by atoms with van der Waals surface area (Å²) >= 11 is 0. The third-order valence-electron chi connectivity index (χ3n) is 4.69. The lowest BCUT2D eigenvalue weighted by Gasteiger charge is -2.11. The van der Waals surface area contributed by atoms with Crippen molar-refractivity contribution in [3.05, 3.63) is 83.9 Å². The van der Waals surface area contributed by atoms with Crippen LogP contribution in [0.4, 0.5) is 0 Å². The van der Waals surface area contributed by atoms with E-state index in [1.807, 2.05) is 55.5 Å². The van der Waals surface area contributed by atoms with Crippen molar-refractivity contribution in [3.8, 4) is 11.5 Å².